The summed E-state index contributed by atoms with van der Waals surface area (Å²) >= 11 is 0. The first-order chi connectivity index (χ1) is 74.4. The predicted octanol–water partition coefficient (Wildman–Crippen LogP) is 40.1. The maximum absolute atomic E-state index is 6.44. The highest BCUT2D eigenvalue weighted by Gasteiger charge is 2.27. The van der Waals surface area contributed by atoms with Crippen molar-refractivity contribution >= 4 is 131 Å². The van der Waals surface area contributed by atoms with Crippen LogP contribution in [0.3, 0.4) is 0 Å². The van der Waals surface area contributed by atoms with Crippen molar-refractivity contribution in [2.75, 3.05) is 0 Å². The lowest BCUT2D eigenvalue weighted by Crippen LogP contribution is -1.98. The maximum atomic E-state index is 6.44. The zero-order valence-electron chi connectivity index (χ0n) is 81.8. The van der Waals surface area contributed by atoms with E-state index in [0.717, 1.165) is 105 Å². The highest BCUT2D eigenvalue weighted by Crippen LogP contribution is 2.50. The molecule has 0 amide bonds. The van der Waals surface area contributed by atoms with Crippen LogP contribution in [0.15, 0.2) is 577 Å². The molecule has 6 nitrogen and oxygen atoms in total. The molecule has 0 aliphatic heterocycles. The van der Waals surface area contributed by atoms with Crippen LogP contribution < -0.4 is 0 Å². The standard InChI is InChI=1S/3C48H31NO/c1-3-13-32(14-4-1)34-25-27-45-42(30-34)43-31-35(33-15-5-2-6-16-33)26-28-46(43)49(45)44-23-9-7-19-38(44)36-17-11-18-37(29-36)39-21-12-22-41-40-20-8-10-24-47(40)50-48(39)41;1-3-14-32(15-4-1)34-26-28-44-41(30-34)42-31-35(33-16-5-2-6-17-33)27-29-45(42)49(44)43-23-11-9-20-38(43)36-18-7-8-19-37(36)39-22-13-25-47-48(39)40-21-10-12-24-46(40)50-47;1-3-13-32(14-4-1)34-24-27-45-42(29-34)43-30-35(33-15-5-2-6-16-33)25-28-46(43)49(45)44-21-11-9-19-39(44)38-18-8-7-17-37(38)36-23-26-41-40-20-10-12-22-47(40)50-48(41)31-36/h3*1-31H. The molecule has 6 aromatic heterocycles. The van der Waals surface area contributed by atoms with Crippen LogP contribution in [0.4, 0.5) is 0 Å². The second-order valence-electron chi connectivity index (χ2n) is 38.7. The monoisotopic (exact) mass is 1910 g/mol. The molecular formula is C144H93N3O3. The van der Waals surface area contributed by atoms with E-state index in [9.17, 15) is 0 Å². The van der Waals surface area contributed by atoms with Gasteiger partial charge in [0.05, 0.1) is 50.2 Å². The van der Waals surface area contributed by atoms with Crippen LogP contribution >= 0.6 is 0 Å². The summed E-state index contributed by atoms with van der Waals surface area (Å²) in [5, 5.41) is 14.2. The van der Waals surface area contributed by atoms with E-state index < -0.39 is 0 Å². The highest BCUT2D eigenvalue weighted by atomic mass is 16.3. The van der Waals surface area contributed by atoms with Gasteiger partial charge in [-0.15, -0.1) is 0 Å². The molecule has 6 heteroatoms. The van der Waals surface area contributed by atoms with Crippen LogP contribution in [0.2, 0.25) is 0 Å². The van der Waals surface area contributed by atoms with Crippen LogP contribution in [0.25, 0.3) is 282 Å². The molecule has 0 saturated carbocycles. The summed E-state index contributed by atoms with van der Waals surface area (Å²) in [6.45, 7) is 0. The normalized spacial score (nSPS) is 11.6. The van der Waals surface area contributed by atoms with Crippen molar-refractivity contribution in [3.05, 3.63) is 564 Å². The molecule has 0 saturated heterocycles. The van der Waals surface area contributed by atoms with E-state index in [-0.39, 0.29) is 0 Å². The summed E-state index contributed by atoms with van der Waals surface area (Å²) in [5.74, 6) is 0. The lowest BCUT2D eigenvalue weighted by Gasteiger charge is -2.17. The van der Waals surface area contributed by atoms with Crippen molar-refractivity contribution in [3.8, 4) is 151 Å². The fraction of sp³-hybridized carbons (Fsp3) is 0. The minimum Gasteiger partial charge on any atom is -0.456 e. The Kier molecular flexibility index (Phi) is 21.9. The maximum Gasteiger partial charge on any atom is 0.143 e. The van der Waals surface area contributed by atoms with Crippen LogP contribution in [0, 0.1) is 0 Å². The van der Waals surface area contributed by atoms with Gasteiger partial charge in [0.15, 0.2) is 0 Å². The predicted molar refractivity (Wildman–Crippen MR) is 629 cm³/mol. The molecular weight excluding hydrogens is 1820 g/mol. The molecule has 0 aliphatic carbocycles. The number of nitrogens with zero attached hydrogens (tertiary/aromatic N) is 3. The van der Waals surface area contributed by atoms with Gasteiger partial charge in [0, 0.05) is 86.9 Å². The third-order valence-electron chi connectivity index (χ3n) is 30.1. The fourth-order valence-electron chi connectivity index (χ4n) is 23.1. The molecule has 0 atom stereocenters. The number of aromatic nitrogens is 3. The molecule has 6 heterocycles. The Morgan fingerprint density at radius 3 is 0.780 bits per heavy atom. The van der Waals surface area contributed by atoms with Gasteiger partial charge >= 0.3 is 0 Å². The molecule has 24 aromatic carbocycles. The topological polar surface area (TPSA) is 54.2 Å². The van der Waals surface area contributed by atoms with E-state index in [1.54, 1.807) is 0 Å². The lowest BCUT2D eigenvalue weighted by molar-refractivity contribution is 0.668. The zero-order valence-corrected chi connectivity index (χ0v) is 81.8. The molecule has 0 fully saturated rings. The van der Waals surface area contributed by atoms with Crippen LogP contribution in [-0.4, -0.2) is 13.7 Å². The Hall–Kier alpha value is -19.9. The van der Waals surface area contributed by atoms with Gasteiger partial charge in [-0.05, 0) is 245 Å². The number of para-hydroxylation sites is 7. The summed E-state index contributed by atoms with van der Waals surface area (Å²) in [5.41, 5.74) is 44.4. The third kappa shape index (κ3) is 15.5. The minimum absolute atomic E-state index is 0.901. The molecule has 0 radical (unpaired) electrons. The molecule has 0 spiro atoms. The van der Waals surface area contributed by atoms with Gasteiger partial charge in [-0.2, -0.15) is 0 Å². The Balaban J connectivity index is 0.000000108. The van der Waals surface area contributed by atoms with Gasteiger partial charge in [-0.3, -0.25) is 0 Å². The van der Waals surface area contributed by atoms with E-state index >= 15 is 0 Å². The van der Waals surface area contributed by atoms with Crippen molar-refractivity contribution in [2.24, 2.45) is 0 Å². The van der Waals surface area contributed by atoms with Gasteiger partial charge < -0.3 is 27.0 Å². The first-order valence-electron chi connectivity index (χ1n) is 51.3. The average molecular weight is 1910 g/mol. The number of hydrogen-bond acceptors (Lipinski definition) is 3. The molecule has 150 heavy (non-hydrogen) atoms. The number of rotatable bonds is 15. The molecule has 30 rings (SSSR count). The molecule has 30 aromatic rings. The molecule has 0 aliphatic rings. The van der Waals surface area contributed by atoms with E-state index in [4.69, 9.17) is 13.3 Å². The molecule has 0 N–H and O–H groups in total. The highest BCUT2D eigenvalue weighted by molar-refractivity contribution is 6.19. The Labute approximate surface area is 866 Å². The van der Waals surface area contributed by atoms with E-state index in [0.29, 0.717) is 0 Å². The number of hydrogen-bond donors (Lipinski definition) is 0. The lowest BCUT2D eigenvalue weighted by atomic mass is 9.91. The summed E-state index contributed by atoms with van der Waals surface area (Å²) in [6, 6.07) is 202. The fourth-order valence-corrected chi connectivity index (χ4v) is 23.1. The molecule has 702 valence electrons. The smallest absolute Gasteiger partial charge is 0.143 e. The second kappa shape index (κ2) is 37.4. The van der Waals surface area contributed by atoms with Gasteiger partial charge in [-0.25, -0.2) is 0 Å². The summed E-state index contributed by atoms with van der Waals surface area (Å²) in [6.07, 6.45) is 0. The largest absolute Gasteiger partial charge is 0.456 e. The van der Waals surface area contributed by atoms with Gasteiger partial charge in [0.2, 0.25) is 0 Å². The van der Waals surface area contributed by atoms with Gasteiger partial charge in [0.1, 0.15) is 33.5 Å². The Morgan fingerprint density at radius 2 is 0.360 bits per heavy atom. The first kappa shape index (κ1) is 87.8. The SMILES string of the molecule is c1ccc(-c2ccc3c(c2)c2cc(-c4ccccc4)ccc2n3-c2ccccc2-c2cccc(-c3cccc4c3oc3ccccc34)c2)cc1.c1ccc(-c2ccc3c(c2)c2cc(-c4ccccc4)ccc2n3-c2ccccc2-c2ccccc2-c2ccc3c(c2)oc2ccccc23)cc1.c1ccc(-c2ccc3c(c2)c2cc(-c4ccccc4)ccc2n3-c2ccccc2-c2ccccc2-c2cccc3oc4ccccc4c23)cc1. The average Bonchev–Trinajstić information content (AvgIpc) is 1.58. The van der Waals surface area contributed by atoms with Crippen LogP contribution in [0.5, 0.6) is 0 Å². The van der Waals surface area contributed by atoms with Crippen LogP contribution in [0.1, 0.15) is 0 Å². The van der Waals surface area contributed by atoms with Crippen molar-refractivity contribution in [3.63, 3.8) is 0 Å². The van der Waals surface area contributed by atoms with E-state index in [1.807, 2.05) is 30.3 Å². The van der Waals surface area contributed by atoms with Crippen molar-refractivity contribution < 1.29 is 13.3 Å². The Bertz CT molecular complexity index is 10200. The molecule has 0 bridgehead atoms. The second-order valence-corrected chi connectivity index (χ2v) is 38.7. The van der Waals surface area contributed by atoms with E-state index in [2.05, 4.69) is 548 Å². The van der Waals surface area contributed by atoms with Crippen molar-refractivity contribution in [1.29, 1.82) is 0 Å². The quantitative estimate of drug-likeness (QED) is 0.103. The zero-order chi connectivity index (χ0) is 99.1. The van der Waals surface area contributed by atoms with Crippen molar-refractivity contribution in [2.45, 2.75) is 0 Å². The van der Waals surface area contributed by atoms with Gasteiger partial charge in [0.25, 0.3) is 0 Å². The summed E-state index contributed by atoms with van der Waals surface area (Å²) < 4.78 is 26.4. The third-order valence-corrected chi connectivity index (χ3v) is 30.1. The summed E-state index contributed by atoms with van der Waals surface area (Å²) in [4.78, 5) is 0. The minimum atomic E-state index is 0.901. The van der Waals surface area contributed by atoms with Gasteiger partial charge in [-0.1, -0.05) is 431 Å². The summed E-state index contributed by atoms with van der Waals surface area (Å²) in [7, 11) is 0. The number of benzene rings is 24. The number of fused-ring (bicyclic) bond motifs is 18. The van der Waals surface area contributed by atoms with Crippen LogP contribution in [-0.2, 0) is 0 Å². The van der Waals surface area contributed by atoms with Crippen molar-refractivity contribution in [1.82, 2.24) is 13.7 Å². The first-order valence-corrected chi connectivity index (χ1v) is 51.3. The van der Waals surface area contributed by atoms with E-state index in [1.165, 1.54) is 177 Å². The molecule has 0 unspecified atom stereocenters. The Morgan fingerprint density at radius 1 is 0.113 bits per heavy atom. The number of furan rings is 3.